The summed E-state index contributed by atoms with van der Waals surface area (Å²) in [6.45, 7) is 0. The largest absolute Gasteiger partial charge is 0.456 e. The zero-order valence-corrected chi connectivity index (χ0v) is 27.2. The smallest absolute Gasteiger partial charge is 0.164 e. The van der Waals surface area contributed by atoms with E-state index in [2.05, 4.69) is 77.8 Å². The zero-order chi connectivity index (χ0) is 34.1. The fourth-order valence-electron chi connectivity index (χ4n) is 6.53. The van der Waals surface area contributed by atoms with Crippen molar-refractivity contribution in [1.82, 2.24) is 19.9 Å². The highest BCUT2D eigenvalue weighted by Gasteiger charge is 2.17. The van der Waals surface area contributed by atoms with Crippen molar-refractivity contribution < 1.29 is 4.42 Å². The van der Waals surface area contributed by atoms with E-state index in [1.165, 1.54) is 11.1 Å². The molecule has 51 heavy (non-hydrogen) atoms. The maximum absolute atomic E-state index is 9.41. The van der Waals surface area contributed by atoms with E-state index < -0.39 is 0 Å². The van der Waals surface area contributed by atoms with Crippen LogP contribution in [0, 0.1) is 11.3 Å². The fourth-order valence-corrected chi connectivity index (χ4v) is 6.53. The van der Waals surface area contributed by atoms with Crippen molar-refractivity contribution in [3.8, 4) is 73.6 Å². The molecular weight excluding hydrogens is 627 g/mol. The van der Waals surface area contributed by atoms with Crippen LogP contribution in [0.3, 0.4) is 0 Å². The molecule has 0 spiro atoms. The van der Waals surface area contributed by atoms with Gasteiger partial charge in [0.15, 0.2) is 17.5 Å². The molecule has 3 heterocycles. The lowest BCUT2D eigenvalue weighted by molar-refractivity contribution is 0.669. The summed E-state index contributed by atoms with van der Waals surface area (Å²) in [7, 11) is 0. The summed E-state index contributed by atoms with van der Waals surface area (Å²) in [6, 6.07) is 53.3. The Kier molecular flexibility index (Phi) is 7.42. The van der Waals surface area contributed by atoms with Gasteiger partial charge in [-0.3, -0.25) is 4.98 Å². The highest BCUT2D eigenvalue weighted by atomic mass is 16.3. The molecule has 0 atom stereocenters. The molecule has 6 nitrogen and oxygen atoms in total. The molecule has 0 saturated carbocycles. The van der Waals surface area contributed by atoms with Crippen LogP contribution in [0.15, 0.2) is 168 Å². The van der Waals surface area contributed by atoms with Gasteiger partial charge in [-0.25, -0.2) is 15.0 Å². The van der Waals surface area contributed by atoms with E-state index >= 15 is 0 Å². The third-order valence-electron chi connectivity index (χ3n) is 9.05. The van der Waals surface area contributed by atoms with Crippen LogP contribution in [-0.2, 0) is 0 Å². The van der Waals surface area contributed by atoms with Crippen molar-refractivity contribution in [3.63, 3.8) is 0 Å². The molecule has 238 valence electrons. The van der Waals surface area contributed by atoms with E-state index in [1.807, 2.05) is 84.9 Å². The van der Waals surface area contributed by atoms with Crippen LogP contribution >= 0.6 is 0 Å². The van der Waals surface area contributed by atoms with Crippen LogP contribution in [-0.4, -0.2) is 19.9 Å². The summed E-state index contributed by atoms with van der Waals surface area (Å²) in [5.41, 5.74) is 11.0. The molecule has 0 saturated heterocycles. The summed E-state index contributed by atoms with van der Waals surface area (Å²) in [4.78, 5) is 19.1. The Morgan fingerprint density at radius 2 is 1.02 bits per heavy atom. The number of hydrogen-bond donors (Lipinski definition) is 0. The van der Waals surface area contributed by atoms with Crippen molar-refractivity contribution >= 4 is 21.9 Å². The first kappa shape index (κ1) is 29.9. The summed E-state index contributed by atoms with van der Waals surface area (Å²) in [5.74, 6) is 1.65. The first-order chi connectivity index (χ1) is 25.2. The quantitative estimate of drug-likeness (QED) is 0.177. The lowest BCUT2D eigenvalue weighted by Gasteiger charge is -2.10. The summed E-state index contributed by atoms with van der Waals surface area (Å²) < 4.78 is 6.48. The van der Waals surface area contributed by atoms with Gasteiger partial charge in [0.05, 0.1) is 5.56 Å². The maximum Gasteiger partial charge on any atom is 0.164 e. The minimum atomic E-state index is 0.501. The zero-order valence-electron chi connectivity index (χ0n) is 27.2. The van der Waals surface area contributed by atoms with Gasteiger partial charge in [-0.15, -0.1) is 0 Å². The molecule has 6 heteroatoms. The number of hydrogen-bond acceptors (Lipinski definition) is 6. The normalized spacial score (nSPS) is 11.1. The monoisotopic (exact) mass is 653 g/mol. The van der Waals surface area contributed by atoms with Crippen LogP contribution in [0.25, 0.3) is 89.5 Å². The number of fused-ring (bicyclic) bond motifs is 3. The lowest BCUT2D eigenvalue weighted by atomic mass is 9.96. The molecule has 0 radical (unpaired) electrons. The minimum absolute atomic E-state index is 0.501. The van der Waals surface area contributed by atoms with Crippen LogP contribution < -0.4 is 0 Å². The van der Waals surface area contributed by atoms with Gasteiger partial charge in [-0.2, -0.15) is 5.26 Å². The molecule has 0 aliphatic rings. The molecule has 0 aliphatic heterocycles. The van der Waals surface area contributed by atoms with Crippen LogP contribution in [0.5, 0.6) is 0 Å². The van der Waals surface area contributed by atoms with Gasteiger partial charge in [0.2, 0.25) is 0 Å². The van der Waals surface area contributed by atoms with E-state index in [4.69, 9.17) is 19.4 Å². The second kappa shape index (κ2) is 12.7. The van der Waals surface area contributed by atoms with Crippen molar-refractivity contribution in [2.75, 3.05) is 0 Å². The van der Waals surface area contributed by atoms with E-state index in [0.717, 1.165) is 60.9 Å². The molecule has 0 bridgehead atoms. The maximum atomic E-state index is 9.41. The number of nitriles is 1. The van der Waals surface area contributed by atoms with Crippen LogP contribution in [0.2, 0.25) is 0 Å². The molecule has 0 N–H and O–H groups in total. The molecule has 9 rings (SSSR count). The van der Waals surface area contributed by atoms with Gasteiger partial charge in [-0.1, -0.05) is 121 Å². The molecule has 0 aliphatic carbocycles. The van der Waals surface area contributed by atoms with E-state index in [0.29, 0.717) is 23.0 Å². The Hall–Kier alpha value is -7.23. The topological polar surface area (TPSA) is 88.5 Å². The van der Waals surface area contributed by atoms with Crippen molar-refractivity contribution in [1.29, 1.82) is 5.26 Å². The van der Waals surface area contributed by atoms with Crippen molar-refractivity contribution in [2.24, 2.45) is 0 Å². The van der Waals surface area contributed by atoms with Crippen molar-refractivity contribution in [3.05, 3.63) is 170 Å². The van der Waals surface area contributed by atoms with Crippen LogP contribution in [0.1, 0.15) is 5.56 Å². The summed E-state index contributed by atoms with van der Waals surface area (Å²) >= 11 is 0. The first-order valence-corrected chi connectivity index (χ1v) is 16.6. The number of pyridine rings is 1. The predicted octanol–water partition coefficient (Wildman–Crippen LogP) is 11.0. The average molecular weight is 654 g/mol. The summed E-state index contributed by atoms with van der Waals surface area (Å²) in [5, 5.41) is 11.5. The van der Waals surface area contributed by atoms with E-state index in [1.54, 1.807) is 12.4 Å². The SMILES string of the molecule is N#Cc1cncc(-c2cccc(-c3nc(-c4ccccc4)nc(-c4ccc5c(c4)oc4cccc(-c6ccc(-c7ccccc7)cc6)c45)n3)c2)c1. The standard InChI is InChI=1S/C45H27N5O/c46-26-29-23-37(28-47-27-29)34-13-7-14-35(24-34)44-48-43(33-11-5-2-6-12-33)49-45(50-44)36-21-22-39-41(25-36)51-40-16-8-15-38(42(39)40)32-19-17-31(18-20-32)30-9-3-1-4-10-30/h1-25,27-28H. The second-order valence-corrected chi connectivity index (χ2v) is 12.3. The molecule has 6 aromatic carbocycles. The molecule has 3 aromatic heterocycles. The lowest BCUT2D eigenvalue weighted by Crippen LogP contribution is -2.00. The Labute approximate surface area is 294 Å². The molecule has 0 unspecified atom stereocenters. The van der Waals surface area contributed by atoms with E-state index in [9.17, 15) is 5.26 Å². The van der Waals surface area contributed by atoms with Gasteiger partial charge < -0.3 is 4.42 Å². The number of aromatic nitrogens is 4. The van der Waals surface area contributed by atoms with Gasteiger partial charge in [0, 0.05) is 45.4 Å². The second-order valence-electron chi connectivity index (χ2n) is 12.3. The third-order valence-corrected chi connectivity index (χ3v) is 9.05. The Balaban J connectivity index is 1.14. The van der Waals surface area contributed by atoms with Gasteiger partial charge in [-0.05, 0) is 58.1 Å². The highest BCUT2D eigenvalue weighted by Crippen LogP contribution is 2.39. The number of furan rings is 1. The number of rotatable bonds is 6. The number of benzene rings is 6. The fraction of sp³-hybridized carbons (Fsp3) is 0. The molecule has 0 amide bonds. The Bertz CT molecular complexity index is 2750. The van der Waals surface area contributed by atoms with Gasteiger partial charge >= 0.3 is 0 Å². The van der Waals surface area contributed by atoms with Gasteiger partial charge in [0.1, 0.15) is 17.2 Å². The first-order valence-electron chi connectivity index (χ1n) is 16.6. The predicted molar refractivity (Wildman–Crippen MR) is 202 cm³/mol. The van der Waals surface area contributed by atoms with Crippen LogP contribution in [0.4, 0.5) is 0 Å². The molecule has 9 aromatic rings. The Morgan fingerprint density at radius 3 is 1.76 bits per heavy atom. The highest BCUT2D eigenvalue weighted by molar-refractivity contribution is 6.13. The van der Waals surface area contributed by atoms with Crippen molar-refractivity contribution in [2.45, 2.75) is 0 Å². The van der Waals surface area contributed by atoms with Gasteiger partial charge in [0.25, 0.3) is 0 Å². The van der Waals surface area contributed by atoms with E-state index in [-0.39, 0.29) is 0 Å². The third kappa shape index (κ3) is 5.69. The average Bonchev–Trinajstić information content (AvgIpc) is 3.60. The molecule has 0 fully saturated rings. The Morgan fingerprint density at radius 1 is 0.431 bits per heavy atom. The minimum Gasteiger partial charge on any atom is -0.456 e. The molecular formula is C45H27N5O. The number of nitrogens with zero attached hydrogens (tertiary/aromatic N) is 5. The summed E-state index contributed by atoms with van der Waals surface area (Å²) in [6.07, 6.45) is 3.31.